The highest BCUT2D eigenvalue weighted by Gasteiger charge is 2.21. The van der Waals surface area contributed by atoms with Crippen LogP contribution in [0.15, 0.2) is 46.5 Å². The first-order valence-electron chi connectivity index (χ1n) is 8.31. The minimum absolute atomic E-state index is 0.00476. The van der Waals surface area contributed by atoms with Crippen molar-refractivity contribution in [1.29, 1.82) is 5.26 Å². The number of halogens is 1. The van der Waals surface area contributed by atoms with Crippen LogP contribution in [0.3, 0.4) is 0 Å². The lowest BCUT2D eigenvalue weighted by molar-refractivity contribution is -0.0275. The van der Waals surface area contributed by atoms with Crippen LogP contribution in [0.1, 0.15) is 11.1 Å². The zero-order chi connectivity index (χ0) is 21.2. The van der Waals surface area contributed by atoms with Crippen molar-refractivity contribution in [1.82, 2.24) is 0 Å². The number of oxime groups is 1. The molecule has 7 nitrogen and oxygen atoms in total. The second-order valence-electron chi connectivity index (χ2n) is 5.45. The smallest absolute Gasteiger partial charge is 0.216 e. The molecule has 0 saturated heterocycles. The van der Waals surface area contributed by atoms with Crippen LogP contribution < -0.4 is 9.47 Å². The maximum atomic E-state index is 15.1. The molecule has 0 bridgehead atoms. The molecule has 2 aromatic rings. The average molecular weight is 417 g/mol. The minimum Gasteiger partial charge on any atom is -0.497 e. The van der Waals surface area contributed by atoms with Crippen molar-refractivity contribution in [2.45, 2.75) is 0 Å². The summed E-state index contributed by atoms with van der Waals surface area (Å²) in [7, 11) is 4.30. The lowest BCUT2D eigenvalue weighted by atomic mass is 10.1. The van der Waals surface area contributed by atoms with E-state index in [1.54, 1.807) is 30.5 Å². The standard InChI is InChI=1S/C20H20FN3O4S/c1-25-12-28-24-20(29-4)19(23-14-7-5-13(11-22)6-8-14)16-9-15(26-2)10-17(27-3)18(16)21/h5-10H,12H2,1-4H3/b23-19?,24-20-. The number of hydrogen-bond donors (Lipinski definition) is 0. The molecule has 0 N–H and O–H groups in total. The monoisotopic (exact) mass is 417 g/mol. The molecule has 0 unspecified atom stereocenters. The highest BCUT2D eigenvalue weighted by molar-refractivity contribution is 8.15. The molecule has 0 spiro atoms. The third-order valence-electron chi connectivity index (χ3n) is 3.67. The topological polar surface area (TPSA) is 85.4 Å². The molecule has 9 heteroatoms. The molecule has 0 aliphatic carbocycles. The van der Waals surface area contributed by atoms with E-state index in [2.05, 4.69) is 10.1 Å². The normalized spacial score (nSPS) is 11.7. The Hall–Kier alpha value is -3.09. The molecule has 2 rings (SSSR count). The first-order valence-corrected chi connectivity index (χ1v) is 9.54. The van der Waals surface area contributed by atoms with Gasteiger partial charge in [0.2, 0.25) is 6.79 Å². The highest BCUT2D eigenvalue weighted by Crippen LogP contribution is 2.30. The predicted octanol–water partition coefficient (Wildman–Crippen LogP) is 4.13. The second kappa shape index (κ2) is 11.0. The van der Waals surface area contributed by atoms with Crippen molar-refractivity contribution in [3.05, 3.63) is 53.3 Å². The molecule has 152 valence electrons. The molecule has 0 aromatic heterocycles. The van der Waals surface area contributed by atoms with Crippen molar-refractivity contribution < 1.29 is 23.4 Å². The summed E-state index contributed by atoms with van der Waals surface area (Å²) in [5, 5.41) is 13.3. The van der Waals surface area contributed by atoms with Gasteiger partial charge >= 0.3 is 0 Å². The van der Waals surface area contributed by atoms with E-state index in [0.717, 1.165) is 0 Å². The number of hydrogen-bond acceptors (Lipinski definition) is 8. The summed E-state index contributed by atoms with van der Waals surface area (Å²) in [5.41, 5.74) is 1.34. The Kier molecular flexibility index (Phi) is 8.45. The first kappa shape index (κ1) is 22.2. The third-order valence-corrected chi connectivity index (χ3v) is 4.33. The fourth-order valence-electron chi connectivity index (χ4n) is 2.29. The molecule has 29 heavy (non-hydrogen) atoms. The Morgan fingerprint density at radius 3 is 2.41 bits per heavy atom. The number of ether oxygens (including phenoxy) is 3. The first-order chi connectivity index (χ1) is 14.1. The number of aliphatic imine (C=N–C) groups is 1. The van der Waals surface area contributed by atoms with Gasteiger partial charge in [0.05, 0.1) is 31.5 Å². The van der Waals surface area contributed by atoms with Crippen molar-refractivity contribution in [3.63, 3.8) is 0 Å². The van der Waals surface area contributed by atoms with E-state index in [4.69, 9.17) is 24.3 Å². The van der Waals surface area contributed by atoms with Crippen LogP contribution in [-0.4, -0.2) is 45.1 Å². The van der Waals surface area contributed by atoms with Crippen LogP contribution in [0, 0.1) is 17.1 Å². The van der Waals surface area contributed by atoms with Gasteiger partial charge in [0, 0.05) is 18.7 Å². The molecular formula is C20H20FN3O4S. The van der Waals surface area contributed by atoms with Crippen LogP contribution in [0.25, 0.3) is 0 Å². The van der Waals surface area contributed by atoms with Gasteiger partial charge in [0.1, 0.15) is 11.5 Å². The van der Waals surface area contributed by atoms with E-state index >= 15 is 4.39 Å². The van der Waals surface area contributed by atoms with Gasteiger partial charge in [-0.25, -0.2) is 9.38 Å². The van der Waals surface area contributed by atoms with E-state index in [1.807, 2.05) is 6.07 Å². The van der Waals surface area contributed by atoms with Gasteiger partial charge in [0.25, 0.3) is 0 Å². The number of nitrogens with zero attached hydrogens (tertiary/aromatic N) is 3. The van der Waals surface area contributed by atoms with Gasteiger partial charge in [-0.3, -0.25) is 0 Å². The van der Waals surface area contributed by atoms with Gasteiger partial charge in [0.15, 0.2) is 16.6 Å². The van der Waals surface area contributed by atoms with Gasteiger partial charge in [-0.15, -0.1) is 11.8 Å². The Morgan fingerprint density at radius 2 is 1.86 bits per heavy atom. The van der Waals surface area contributed by atoms with E-state index < -0.39 is 5.82 Å². The van der Waals surface area contributed by atoms with Gasteiger partial charge in [-0.1, -0.05) is 5.16 Å². The summed E-state index contributed by atoms with van der Waals surface area (Å²) in [6, 6.07) is 11.5. The molecule has 0 amide bonds. The molecule has 0 aliphatic heterocycles. The van der Waals surface area contributed by atoms with Crippen molar-refractivity contribution >= 4 is 28.2 Å². The van der Waals surface area contributed by atoms with E-state index in [-0.39, 0.29) is 23.8 Å². The molecule has 0 radical (unpaired) electrons. The van der Waals surface area contributed by atoms with Gasteiger partial charge in [-0.05, 0) is 36.6 Å². The Morgan fingerprint density at radius 1 is 1.14 bits per heavy atom. The van der Waals surface area contributed by atoms with Crippen LogP contribution in [-0.2, 0) is 9.57 Å². The van der Waals surface area contributed by atoms with Crippen molar-refractivity contribution in [3.8, 4) is 17.6 Å². The second-order valence-corrected chi connectivity index (χ2v) is 6.24. The fraction of sp³-hybridized carbons (Fsp3) is 0.250. The summed E-state index contributed by atoms with van der Waals surface area (Å²) in [6.07, 6.45) is 1.76. The zero-order valence-corrected chi connectivity index (χ0v) is 17.2. The summed E-state index contributed by atoms with van der Waals surface area (Å²) >= 11 is 1.22. The summed E-state index contributed by atoms with van der Waals surface area (Å²) < 4.78 is 30.3. The minimum atomic E-state index is -0.616. The lowest BCUT2D eigenvalue weighted by Gasteiger charge is -2.13. The SMILES string of the molecule is COCO/N=C(\SC)C(=Nc1ccc(C#N)cc1)c1cc(OC)cc(OC)c1F. The predicted molar refractivity (Wildman–Crippen MR) is 111 cm³/mol. The van der Waals surface area contributed by atoms with Gasteiger partial charge in [-0.2, -0.15) is 5.26 Å². The number of nitriles is 1. The molecule has 2 aromatic carbocycles. The van der Waals surface area contributed by atoms with Crippen molar-refractivity contribution in [2.75, 3.05) is 34.4 Å². The van der Waals surface area contributed by atoms with Crippen LogP contribution in [0.4, 0.5) is 10.1 Å². The van der Waals surface area contributed by atoms with Crippen LogP contribution in [0.5, 0.6) is 11.5 Å². The number of thioether (sulfide) groups is 1. The maximum absolute atomic E-state index is 15.1. The summed E-state index contributed by atoms with van der Waals surface area (Å²) in [6.45, 7) is -0.0713. The number of methoxy groups -OCH3 is 3. The maximum Gasteiger partial charge on any atom is 0.216 e. The van der Waals surface area contributed by atoms with Gasteiger partial charge < -0.3 is 19.0 Å². The number of rotatable bonds is 8. The van der Waals surface area contributed by atoms with E-state index in [1.165, 1.54) is 45.2 Å². The highest BCUT2D eigenvalue weighted by atomic mass is 32.2. The van der Waals surface area contributed by atoms with Crippen LogP contribution in [0.2, 0.25) is 0 Å². The Labute approximate surface area is 172 Å². The largest absolute Gasteiger partial charge is 0.497 e. The fourth-order valence-corrected chi connectivity index (χ4v) is 2.77. The Bertz CT molecular complexity index is 940. The molecule has 0 atom stereocenters. The average Bonchev–Trinajstić information content (AvgIpc) is 2.76. The molecule has 0 fully saturated rings. The summed E-state index contributed by atoms with van der Waals surface area (Å²) in [4.78, 5) is 9.65. The van der Waals surface area contributed by atoms with E-state index in [0.29, 0.717) is 22.0 Å². The van der Waals surface area contributed by atoms with Crippen LogP contribution >= 0.6 is 11.8 Å². The lowest BCUT2D eigenvalue weighted by Crippen LogP contribution is -2.16. The molecular weight excluding hydrogens is 397 g/mol. The molecule has 0 aliphatic rings. The zero-order valence-electron chi connectivity index (χ0n) is 16.4. The van der Waals surface area contributed by atoms with E-state index in [9.17, 15) is 0 Å². The molecule has 0 heterocycles. The number of benzene rings is 2. The third kappa shape index (κ3) is 5.70. The summed E-state index contributed by atoms with van der Waals surface area (Å²) in [5.74, 6) is -0.219. The Balaban J connectivity index is 2.68. The van der Waals surface area contributed by atoms with Crippen molar-refractivity contribution in [2.24, 2.45) is 10.1 Å². The quantitative estimate of drug-likeness (QED) is 0.211. The molecule has 0 saturated carbocycles.